The van der Waals surface area contributed by atoms with E-state index in [0.29, 0.717) is 19.1 Å². The molecule has 0 aromatic carbocycles. The third-order valence-corrected chi connectivity index (χ3v) is 12.3. The molecule has 0 aromatic heterocycles. The molecule has 11 atom stereocenters. The van der Waals surface area contributed by atoms with Gasteiger partial charge >= 0.3 is 5.97 Å². The highest BCUT2D eigenvalue weighted by atomic mass is 16.6. The van der Waals surface area contributed by atoms with Gasteiger partial charge in [0.15, 0.2) is 0 Å². The number of aliphatic hydroxyl groups excluding tert-OH is 2. The average Bonchev–Trinajstić information content (AvgIpc) is 3.12. The lowest BCUT2D eigenvalue weighted by Gasteiger charge is -2.51. The van der Waals surface area contributed by atoms with E-state index in [1.807, 2.05) is 59.0 Å². The van der Waals surface area contributed by atoms with Crippen LogP contribution in [0.5, 0.6) is 0 Å². The minimum atomic E-state index is -0.606. The van der Waals surface area contributed by atoms with Gasteiger partial charge in [-0.2, -0.15) is 0 Å². The summed E-state index contributed by atoms with van der Waals surface area (Å²) < 4.78 is 12.3. The third-order valence-electron chi connectivity index (χ3n) is 12.3. The summed E-state index contributed by atoms with van der Waals surface area (Å²) in [4.78, 5) is 20.0. The van der Waals surface area contributed by atoms with Gasteiger partial charge in [-0.3, -0.25) is 0 Å². The zero-order valence-electron chi connectivity index (χ0n) is 36.7. The maximum absolute atomic E-state index is 14.1. The molecule has 8 nitrogen and oxygen atoms in total. The summed E-state index contributed by atoms with van der Waals surface area (Å²) in [6.45, 7) is 24.5. The smallest absolute Gasteiger partial charge is 0.373 e. The topological polar surface area (TPSA) is 110 Å². The Morgan fingerprint density at radius 2 is 1.84 bits per heavy atom. The van der Waals surface area contributed by atoms with Crippen LogP contribution in [-0.4, -0.2) is 67.5 Å². The zero-order valence-corrected chi connectivity index (χ0v) is 36.7. The van der Waals surface area contributed by atoms with E-state index < -0.39 is 24.3 Å². The monoisotopic (exact) mass is 767 g/mol. The van der Waals surface area contributed by atoms with Gasteiger partial charge in [-0.1, -0.05) is 127 Å². The van der Waals surface area contributed by atoms with Crippen molar-refractivity contribution in [1.29, 1.82) is 0 Å². The number of carbonyl (C=O) groups is 1. The van der Waals surface area contributed by atoms with Crippen LogP contribution in [0.15, 0.2) is 76.7 Å². The highest BCUT2D eigenvalue weighted by molar-refractivity contribution is 5.96. The highest BCUT2D eigenvalue weighted by Crippen LogP contribution is 2.54. The fourth-order valence-corrected chi connectivity index (χ4v) is 8.96. The summed E-state index contributed by atoms with van der Waals surface area (Å²) in [6.07, 6.45) is 22.4. The molecule has 1 saturated carbocycles. The average molecular weight is 767 g/mol. The van der Waals surface area contributed by atoms with E-state index in [2.05, 4.69) is 72.0 Å². The van der Waals surface area contributed by atoms with Gasteiger partial charge in [0, 0.05) is 30.2 Å². The minimum absolute atomic E-state index is 0.00441. The van der Waals surface area contributed by atoms with Crippen molar-refractivity contribution in [2.45, 2.75) is 133 Å². The van der Waals surface area contributed by atoms with Crippen molar-refractivity contribution in [1.82, 2.24) is 5.32 Å². The van der Waals surface area contributed by atoms with Crippen LogP contribution in [0.2, 0.25) is 0 Å². The second kappa shape index (κ2) is 24.0. The maximum atomic E-state index is 14.1. The molecular weight excluding hydrogens is 689 g/mol. The first-order chi connectivity index (χ1) is 26.0. The first-order valence-electron chi connectivity index (χ1n) is 21.0. The van der Waals surface area contributed by atoms with Crippen molar-refractivity contribution in [3.05, 3.63) is 71.6 Å². The Kier molecular flexibility index (Phi) is 21.0. The number of rotatable bonds is 15. The molecular formula is C47H78N2O6. The number of allylic oxidation sites excluding steroid dienone is 7. The molecule has 0 radical (unpaired) electrons. The quantitative estimate of drug-likeness (QED) is 0.0501. The van der Waals surface area contributed by atoms with Gasteiger partial charge < -0.3 is 29.8 Å². The van der Waals surface area contributed by atoms with Crippen LogP contribution in [0, 0.1) is 52.8 Å². The molecule has 1 heterocycles. The Hall–Kier alpha value is -2.94. The fourth-order valence-electron chi connectivity index (χ4n) is 8.96. The molecule has 312 valence electrons. The summed E-state index contributed by atoms with van der Waals surface area (Å²) in [5.74, 6) is -0.120. The molecule has 0 aromatic rings. The lowest BCUT2D eigenvalue weighted by molar-refractivity contribution is -0.157. The molecule has 0 bridgehead atoms. The van der Waals surface area contributed by atoms with E-state index in [-0.39, 0.29) is 52.6 Å². The Bertz CT molecular complexity index is 1390. The van der Waals surface area contributed by atoms with Crippen molar-refractivity contribution < 1.29 is 29.3 Å². The van der Waals surface area contributed by atoms with Crippen LogP contribution in [0.25, 0.3) is 0 Å². The van der Waals surface area contributed by atoms with E-state index in [0.717, 1.165) is 49.8 Å². The first kappa shape index (κ1) is 48.2. The number of hydrogen-bond donors (Lipinski definition) is 3. The summed E-state index contributed by atoms with van der Waals surface area (Å²) in [5, 5.41) is 29.9. The zero-order chi connectivity index (χ0) is 41.3. The number of carbonyl (C=O) groups excluding carboxylic acids is 1. The van der Waals surface area contributed by atoms with E-state index in [1.54, 1.807) is 12.2 Å². The van der Waals surface area contributed by atoms with Gasteiger partial charge in [0.1, 0.15) is 12.7 Å². The van der Waals surface area contributed by atoms with Gasteiger partial charge in [0.05, 0.1) is 25.0 Å². The summed E-state index contributed by atoms with van der Waals surface area (Å²) in [6, 6.07) is 0. The van der Waals surface area contributed by atoms with Crippen LogP contribution in [0.1, 0.15) is 115 Å². The standard InChI is InChI=1S/C47H78N2O6/c1-14-18-41(50)34(6)21-22-40(49-54-26-25-48-12)37(9)43(47(11)23-17-24-47)38(10)45-35(7)20-16-19-31(3)27-32(4)29-39(15-2)44(51)36(8)28-33(5)30-42(53-13)46(52)55-45/h14,16,18-22,28,30,32,34-39,41,43-45,48,50-51H,15,17,23-27,29H2,1-13H3/b18-14+,20-16+,22-21+,31-19+,33-28+,42-30-,49-40+. The largest absolute Gasteiger partial charge is 0.490 e. The van der Waals surface area contributed by atoms with E-state index in [1.165, 1.54) is 12.7 Å². The number of nitrogens with zero attached hydrogens (tertiary/aromatic N) is 1. The Labute approximate surface area is 335 Å². The van der Waals surface area contributed by atoms with Gasteiger partial charge in [-0.05, 0) is 94.7 Å². The SMILES string of the molecule is C/C=C/C(O)C(C)/C=C/C(=N\OCCNC)C(C)C(C(C)C1OC(=O)/C(OC)=C/C(C)=C/C(C)C(O)C(CC)CC(C)C/C(C)=C/C=C/C1C)C1(C)CCC1. The molecule has 2 aliphatic rings. The first-order valence-corrected chi connectivity index (χ1v) is 21.0. The molecule has 3 N–H and O–H groups in total. The summed E-state index contributed by atoms with van der Waals surface area (Å²) >= 11 is 0. The number of nitrogens with one attached hydrogen (secondary N) is 1. The number of cyclic esters (lactones) is 1. The molecule has 0 saturated heterocycles. The molecule has 0 spiro atoms. The Balaban J connectivity index is 2.70. The van der Waals surface area contributed by atoms with Crippen molar-refractivity contribution in [3.63, 3.8) is 0 Å². The molecule has 8 heteroatoms. The minimum Gasteiger partial charge on any atom is -0.490 e. The lowest BCUT2D eigenvalue weighted by atomic mass is 9.54. The van der Waals surface area contributed by atoms with Gasteiger partial charge in [-0.25, -0.2) is 4.79 Å². The van der Waals surface area contributed by atoms with Crippen molar-refractivity contribution >= 4 is 11.7 Å². The number of likely N-dealkylation sites (N-methyl/N-ethyl adjacent to an activating group) is 1. The Morgan fingerprint density at radius 3 is 2.42 bits per heavy atom. The molecule has 11 unspecified atom stereocenters. The number of esters is 1. The Morgan fingerprint density at radius 1 is 1.15 bits per heavy atom. The van der Waals surface area contributed by atoms with E-state index >= 15 is 0 Å². The molecule has 1 aliphatic carbocycles. The van der Waals surface area contributed by atoms with Gasteiger partial charge in [0.2, 0.25) is 5.76 Å². The van der Waals surface area contributed by atoms with Crippen molar-refractivity contribution in [3.8, 4) is 0 Å². The molecule has 1 fully saturated rings. The fraction of sp³-hybridized carbons (Fsp3) is 0.702. The number of ether oxygens (including phenoxy) is 2. The van der Waals surface area contributed by atoms with Crippen LogP contribution >= 0.6 is 0 Å². The summed E-state index contributed by atoms with van der Waals surface area (Å²) in [7, 11) is 3.39. The molecule has 0 amide bonds. The van der Waals surface area contributed by atoms with Gasteiger partial charge in [-0.15, -0.1) is 0 Å². The summed E-state index contributed by atoms with van der Waals surface area (Å²) in [5.41, 5.74) is 2.93. The van der Waals surface area contributed by atoms with E-state index in [4.69, 9.17) is 19.5 Å². The normalized spacial score (nSPS) is 32.5. The van der Waals surface area contributed by atoms with Crippen LogP contribution < -0.4 is 5.32 Å². The number of methoxy groups -OCH3 is 1. The second-order valence-corrected chi connectivity index (χ2v) is 17.2. The second-order valence-electron chi connectivity index (χ2n) is 17.2. The number of hydrogen-bond acceptors (Lipinski definition) is 8. The van der Waals surface area contributed by atoms with Crippen LogP contribution in [-0.2, 0) is 19.1 Å². The van der Waals surface area contributed by atoms with E-state index in [9.17, 15) is 15.0 Å². The maximum Gasteiger partial charge on any atom is 0.373 e. The number of oxime groups is 1. The molecule has 1 aliphatic heterocycles. The van der Waals surface area contributed by atoms with Crippen LogP contribution in [0.4, 0.5) is 0 Å². The van der Waals surface area contributed by atoms with Crippen molar-refractivity contribution in [2.75, 3.05) is 27.3 Å². The van der Waals surface area contributed by atoms with Crippen molar-refractivity contribution in [2.24, 2.45) is 57.9 Å². The third kappa shape index (κ3) is 14.8. The molecule has 2 rings (SSSR count). The highest BCUT2D eigenvalue weighted by Gasteiger charge is 2.49. The predicted octanol–water partition coefficient (Wildman–Crippen LogP) is 9.77. The predicted molar refractivity (Wildman–Crippen MR) is 228 cm³/mol. The van der Waals surface area contributed by atoms with Crippen LogP contribution in [0.3, 0.4) is 0 Å². The molecule has 55 heavy (non-hydrogen) atoms. The van der Waals surface area contributed by atoms with Gasteiger partial charge in [0.25, 0.3) is 0 Å². The number of aliphatic hydroxyl groups is 2. The lowest BCUT2D eigenvalue weighted by Crippen LogP contribution is -2.48.